The predicted octanol–water partition coefficient (Wildman–Crippen LogP) is 2.68. The van der Waals surface area contributed by atoms with Gasteiger partial charge in [-0.25, -0.2) is 13.8 Å². The Kier molecular flexibility index (Phi) is 3.14. The van der Waals surface area contributed by atoms with Crippen LogP contribution in [0.4, 0.5) is 20.3 Å². The fraction of sp³-hybridized carbons (Fsp3) is 0. The number of nitrogens with zero attached hydrogens (tertiary/aromatic N) is 1. The van der Waals surface area contributed by atoms with Crippen LogP contribution in [0.25, 0.3) is 0 Å². The number of hydrogen-bond acceptors (Lipinski definition) is 4. The summed E-state index contributed by atoms with van der Waals surface area (Å²) in [5, 5.41) is 0.572. The summed E-state index contributed by atoms with van der Waals surface area (Å²) < 4.78 is 25.7. The normalized spacial score (nSPS) is 10.5. The monoisotopic (exact) mass is 253 g/mol. The van der Waals surface area contributed by atoms with Crippen molar-refractivity contribution in [3.05, 3.63) is 42.0 Å². The molecule has 6 heteroatoms. The highest BCUT2D eigenvalue weighted by Crippen LogP contribution is 2.28. The standard InChI is InChI=1S/C11H9F2N3S/c12-7-2-1-6(5-8(7)13)17-10-4-3-9(14)11(15)16-10/h1-5H,14H2,(H2,15,16). The number of benzene rings is 1. The van der Waals surface area contributed by atoms with Crippen molar-refractivity contribution in [2.24, 2.45) is 0 Å². The number of halogens is 2. The van der Waals surface area contributed by atoms with Crippen LogP contribution < -0.4 is 11.5 Å². The lowest BCUT2D eigenvalue weighted by Crippen LogP contribution is -1.97. The average molecular weight is 253 g/mol. The van der Waals surface area contributed by atoms with Crippen LogP contribution in [0.3, 0.4) is 0 Å². The van der Waals surface area contributed by atoms with E-state index in [0.717, 1.165) is 12.1 Å². The second kappa shape index (κ2) is 4.58. The summed E-state index contributed by atoms with van der Waals surface area (Å²) in [5.74, 6) is -1.55. The Morgan fingerprint density at radius 1 is 1.00 bits per heavy atom. The molecule has 2 rings (SSSR count). The molecule has 1 aromatic heterocycles. The van der Waals surface area contributed by atoms with Crippen molar-refractivity contribution < 1.29 is 8.78 Å². The van der Waals surface area contributed by atoms with Gasteiger partial charge in [0, 0.05) is 4.90 Å². The first-order valence-corrected chi connectivity index (χ1v) is 5.53. The molecule has 0 aliphatic carbocycles. The molecule has 0 aliphatic rings. The third kappa shape index (κ3) is 2.65. The third-order valence-electron chi connectivity index (χ3n) is 2.05. The summed E-state index contributed by atoms with van der Waals surface area (Å²) in [4.78, 5) is 4.56. The molecule has 0 atom stereocenters. The Labute approximate surface area is 101 Å². The molecule has 0 saturated carbocycles. The number of nitrogen functional groups attached to an aromatic ring is 2. The van der Waals surface area contributed by atoms with E-state index in [1.165, 1.54) is 17.8 Å². The van der Waals surface area contributed by atoms with Gasteiger partial charge in [-0.05, 0) is 30.3 Å². The highest BCUT2D eigenvalue weighted by atomic mass is 32.2. The van der Waals surface area contributed by atoms with Crippen molar-refractivity contribution in [1.29, 1.82) is 0 Å². The maximum Gasteiger partial charge on any atom is 0.159 e. The molecule has 2 aromatic rings. The SMILES string of the molecule is Nc1ccc(Sc2ccc(F)c(F)c2)nc1N. The summed E-state index contributed by atoms with van der Waals surface area (Å²) in [6.07, 6.45) is 0. The molecule has 1 heterocycles. The zero-order chi connectivity index (χ0) is 12.4. The van der Waals surface area contributed by atoms with Gasteiger partial charge in [-0.3, -0.25) is 0 Å². The predicted molar refractivity (Wildman–Crippen MR) is 63.5 cm³/mol. The van der Waals surface area contributed by atoms with E-state index in [-0.39, 0.29) is 5.82 Å². The Morgan fingerprint density at radius 3 is 2.41 bits per heavy atom. The summed E-state index contributed by atoms with van der Waals surface area (Å²) in [7, 11) is 0. The van der Waals surface area contributed by atoms with Gasteiger partial charge in [0.15, 0.2) is 11.6 Å². The van der Waals surface area contributed by atoms with Crippen molar-refractivity contribution in [2.75, 3.05) is 11.5 Å². The van der Waals surface area contributed by atoms with Crippen molar-refractivity contribution in [3.8, 4) is 0 Å². The van der Waals surface area contributed by atoms with Gasteiger partial charge < -0.3 is 11.5 Å². The largest absolute Gasteiger partial charge is 0.396 e. The Hall–Kier alpha value is -1.82. The molecule has 0 unspecified atom stereocenters. The summed E-state index contributed by atoms with van der Waals surface area (Å²) in [6, 6.07) is 6.92. The number of nitrogens with two attached hydrogens (primary N) is 2. The molecule has 0 aliphatic heterocycles. The number of anilines is 2. The second-order valence-corrected chi connectivity index (χ2v) is 4.40. The van der Waals surface area contributed by atoms with Gasteiger partial charge >= 0.3 is 0 Å². The van der Waals surface area contributed by atoms with Gasteiger partial charge in [0.2, 0.25) is 0 Å². The third-order valence-corrected chi connectivity index (χ3v) is 2.97. The topological polar surface area (TPSA) is 64.9 Å². The molecule has 0 fully saturated rings. The van der Waals surface area contributed by atoms with E-state index in [2.05, 4.69) is 4.98 Å². The van der Waals surface area contributed by atoms with Crippen LogP contribution in [0, 0.1) is 11.6 Å². The van der Waals surface area contributed by atoms with Crippen LogP contribution >= 0.6 is 11.8 Å². The van der Waals surface area contributed by atoms with E-state index in [1.807, 2.05) is 0 Å². The molecular formula is C11H9F2N3S. The summed E-state index contributed by atoms with van der Waals surface area (Å²) >= 11 is 1.18. The molecule has 1 aromatic carbocycles. The van der Waals surface area contributed by atoms with Gasteiger partial charge in [-0.1, -0.05) is 11.8 Å². The van der Waals surface area contributed by atoms with Crippen LogP contribution in [0.2, 0.25) is 0 Å². The highest BCUT2D eigenvalue weighted by molar-refractivity contribution is 7.99. The van der Waals surface area contributed by atoms with Crippen molar-refractivity contribution >= 4 is 23.3 Å². The van der Waals surface area contributed by atoms with E-state index in [0.29, 0.717) is 15.6 Å². The molecular weight excluding hydrogens is 244 g/mol. The highest BCUT2D eigenvalue weighted by Gasteiger charge is 2.06. The quantitative estimate of drug-likeness (QED) is 0.863. The van der Waals surface area contributed by atoms with Gasteiger partial charge in [0.1, 0.15) is 10.8 Å². The van der Waals surface area contributed by atoms with Gasteiger partial charge in [0.05, 0.1) is 5.69 Å². The van der Waals surface area contributed by atoms with Gasteiger partial charge in [0.25, 0.3) is 0 Å². The van der Waals surface area contributed by atoms with Gasteiger partial charge in [-0.2, -0.15) is 0 Å². The Balaban J connectivity index is 2.25. The summed E-state index contributed by atoms with van der Waals surface area (Å²) in [6.45, 7) is 0. The Morgan fingerprint density at radius 2 is 1.76 bits per heavy atom. The van der Waals surface area contributed by atoms with Crippen LogP contribution in [0.15, 0.2) is 40.3 Å². The molecule has 0 bridgehead atoms. The fourth-order valence-electron chi connectivity index (χ4n) is 1.18. The van der Waals surface area contributed by atoms with Crippen LogP contribution in [0.1, 0.15) is 0 Å². The number of rotatable bonds is 2. The minimum Gasteiger partial charge on any atom is -0.396 e. The molecule has 3 nitrogen and oxygen atoms in total. The van der Waals surface area contributed by atoms with E-state index >= 15 is 0 Å². The van der Waals surface area contributed by atoms with Gasteiger partial charge in [-0.15, -0.1) is 0 Å². The lowest BCUT2D eigenvalue weighted by molar-refractivity contribution is 0.506. The molecule has 0 radical (unpaired) electrons. The van der Waals surface area contributed by atoms with Crippen LogP contribution in [0.5, 0.6) is 0 Å². The minimum atomic E-state index is -0.890. The van der Waals surface area contributed by atoms with Crippen molar-refractivity contribution in [3.63, 3.8) is 0 Å². The maximum atomic E-state index is 13.0. The number of pyridine rings is 1. The smallest absolute Gasteiger partial charge is 0.159 e. The number of aromatic nitrogens is 1. The van der Waals surface area contributed by atoms with E-state index in [9.17, 15) is 8.78 Å². The minimum absolute atomic E-state index is 0.220. The molecule has 0 saturated heterocycles. The first-order chi connectivity index (χ1) is 8.06. The lowest BCUT2D eigenvalue weighted by Gasteiger charge is -2.04. The van der Waals surface area contributed by atoms with Crippen LogP contribution in [-0.4, -0.2) is 4.98 Å². The summed E-state index contributed by atoms with van der Waals surface area (Å²) in [5.41, 5.74) is 11.5. The molecule has 0 spiro atoms. The molecule has 17 heavy (non-hydrogen) atoms. The lowest BCUT2D eigenvalue weighted by atomic mass is 10.3. The van der Waals surface area contributed by atoms with Crippen molar-refractivity contribution in [1.82, 2.24) is 4.98 Å². The fourth-order valence-corrected chi connectivity index (χ4v) is 2.00. The molecule has 0 amide bonds. The van der Waals surface area contributed by atoms with E-state index in [4.69, 9.17) is 11.5 Å². The van der Waals surface area contributed by atoms with E-state index < -0.39 is 11.6 Å². The first-order valence-electron chi connectivity index (χ1n) is 4.71. The zero-order valence-corrected chi connectivity index (χ0v) is 9.47. The number of hydrogen-bond donors (Lipinski definition) is 2. The molecule has 4 N–H and O–H groups in total. The Bertz CT molecular complexity index is 511. The zero-order valence-electron chi connectivity index (χ0n) is 8.65. The van der Waals surface area contributed by atoms with Crippen LogP contribution in [-0.2, 0) is 0 Å². The van der Waals surface area contributed by atoms with E-state index in [1.54, 1.807) is 12.1 Å². The average Bonchev–Trinajstić information content (AvgIpc) is 2.29. The van der Waals surface area contributed by atoms with Crippen molar-refractivity contribution in [2.45, 2.75) is 9.92 Å². The first kappa shape index (κ1) is 11.7. The molecule has 88 valence electrons. The second-order valence-electron chi connectivity index (χ2n) is 3.30. The maximum absolute atomic E-state index is 13.0.